The van der Waals surface area contributed by atoms with Crippen molar-refractivity contribution >= 4 is 11.0 Å². The van der Waals surface area contributed by atoms with Gasteiger partial charge in [-0.1, -0.05) is 24.3 Å². The summed E-state index contributed by atoms with van der Waals surface area (Å²) in [5.74, 6) is 0.364. The van der Waals surface area contributed by atoms with Gasteiger partial charge in [0.1, 0.15) is 17.2 Å². The van der Waals surface area contributed by atoms with Crippen LogP contribution in [0.5, 0.6) is 0 Å². The summed E-state index contributed by atoms with van der Waals surface area (Å²) in [5, 5.41) is 1.01. The van der Waals surface area contributed by atoms with E-state index in [1.165, 1.54) is 12.1 Å². The number of hydrogen-bond acceptors (Lipinski definition) is 2. The van der Waals surface area contributed by atoms with Gasteiger partial charge in [-0.25, -0.2) is 4.39 Å². The molecular weight excluding hydrogens is 253 g/mol. The minimum absolute atomic E-state index is 0.181. The maximum absolute atomic E-state index is 13.5. The van der Waals surface area contributed by atoms with Crippen LogP contribution in [0.4, 0.5) is 4.39 Å². The van der Waals surface area contributed by atoms with Gasteiger partial charge in [-0.05, 0) is 43.2 Å². The summed E-state index contributed by atoms with van der Waals surface area (Å²) < 4.78 is 19.5. The van der Waals surface area contributed by atoms with Crippen LogP contribution < -0.4 is 5.73 Å². The van der Waals surface area contributed by atoms with Crippen LogP contribution in [0.2, 0.25) is 0 Å². The minimum atomic E-state index is -0.290. The van der Waals surface area contributed by atoms with Gasteiger partial charge in [0.15, 0.2) is 0 Å². The lowest BCUT2D eigenvalue weighted by Crippen LogP contribution is -2.06. The number of para-hydroxylation sites is 1. The van der Waals surface area contributed by atoms with Gasteiger partial charge in [0.2, 0.25) is 0 Å². The second kappa shape index (κ2) is 4.76. The Kier molecular flexibility index (Phi) is 3.07. The maximum Gasteiger partial charge on any atom is 0.137 e. The third-order valence-corrected chi connectivity index (χ3v) is 3.51. The maximum atomic E-state index is 13.5. The lowest BCUT2D eigenvalue weighted by Gasteiger charge is -2.10. The first-order valence-electron chi connectivity index (χ1n) is 6.61. The van der Waals surface area contributed by atoms with Gasteiger partial charge in [-0.3, -0.25) is 0 Å². The van der Waals surface area contributed by atoms with Crippen LogP contribution in [0, 0.1) is 12.7 Å². The molecule has 0 saturated carbocycles. The molecule has 3 rings (SSSR count). The Bertz CT molecular complexity index is 774. The zero-order valence-electron chi connectivity index (χ0n) is 11.5. The van der Waals surface area contributed by atoms with Gasteiger partial charge in [-0.15, -0.1) is 0 Å². The van der Waals surface area contributed by atoms with Crippen LogP contribution in [0.25, 0.3) is 22.3 Å². The number of furan rings is 1. The van der Waals surface area contributed by atoms with Crippen molar-refractivity contribution in [3.05, 3.63) is 59.4 Å². The minimum Gasteiger partial charge on any atom is -0.456 e. The van der Waals surface area contributed by atoms with Crippen molar-refractivity contribution in [2.24, 2.45) is 5.73 Å². The summed E-state index contributed by atoms with van der Waals surface area (Å²) in [6.45, 7) is 3.87. The number of rotatable bonds is 2. The van der Waals surface area contributed by atoms with Gasteiger partial charge in [0, 0.05) is 17.0 Å². The van der Waals surface area contributed by atoms with Gasteiger partial charge in [0.25, 0.3) is 0 Å². The second-order valence-corrected chi connectivity index (χ2v) is 5.12. The molecule has 2 nitrogen and oxygen atoms in total. The van der Waals surface area contributed by atoms with E-state index in [1.807, 2.05) is 38.1 Å². The lowest BCUT2D eigenvalue weighted by molar-refractivity contribution is 0.613. The van der Waals surface area contributed by atoms with E-state index in [1.54, 1.807) is 6.07 Å². The average Bonchev–Trinajstić information content (AvgIpc) is 2.83. The summed E-state index contributed by atoms with van der Waals surface area (Å²) >= 11 is 0. The largest absolute Gasteiger partial charge is 0.456 e. The summed E-state index contributed by atoms with van der Waals surface area (Å²) in [5.41, 5.74) is 9.46. The zero-order valence-corrected chi connectivity index (χ0v) is 11.5. The summed E-state index contributed by atoms with van der Waals surface area (Å²) in [6, 6.07) is 12.3. The first-order valence-corrected chi connectivity index (χ1v) is 6.61. The Morgan fingerprint density at radius 3 is 2.65 bits per heavy atom. The van der Waals surface area contributed by atoms with Crippen LogP contribution in [-0.2, 0) is 0 Å². The molecule has 0 fully saturated rings. The number of aryl methyl sites for hydroxylation is 1. The quantitative estimate of drug-likeness (QED) is 0.740. The van der Waals surface area contributed by atoms with Crippen LogP contribution in [0.15, 0.2) is 46.9 Å². The van der Waals surface area contributed by atoms with Crippen LogP contribution >= 0.6 is 0 Å². The van der Waals surface area contributed by atoms with Crippen molar-refractivity contribution in [3.8, 4) is 11.3 Å². The fourth-order valence-electron chi connectivity index (χ4n) is 2.48. The molecule has 0 aliphatic heterocycles. The second-order valence-electron chi connectivity index (χ2n) is 5.12. The zero-order chi connectivity index (χ0) is 14.3. The summed E-state index contributed by atoms with van der Waals surface area (Å²) in [4.78, 5) is 0. The fraction of sp³-hybridized carbons (Fsp3) is 0.176. The molecule has 2 N–H and O–H groups in total. The molecule has 0 saturated heterocycles. The van der Waals surface area contributed by atoms with Crippen LogP contribution in [0.3, 0.4) is 0 Å². The molecule has 1 unspecified atom stereocenters. The molecule has 20 heavy (non-hydrogen) atoms. The molecular formula is C17H16FNO. The van der Waals surface area contributed by atoms with Gasteiger partial charge in [-0.2, -0.15) is 0 Å². The molecule has 3 aromatic rings. The Balaban J connectivity index is 2.25. The van der Waals surface area contributed by atoms with E-state index in [2.05, 4.69) is 0 Å². The number of benzene rings is 2. The predicted octanol–water partition coefficient (Wildman–Crippen LogP) is 4.57. The van der Waals surface area contributed by atoms with Gasteiger partial charge >= 0.3 is 0 Å². The first kappa shape index (κ1) is 12.9. The SMILES string of the molecule is Cc1cccc2cc(-c3cc(F)ccc3C(C)N)oc12. The molecule has 1 heterocycles. The average molecular weight is 269 g/mol. The topological polar surface area (TPSA) is 39.2 Å². The molecule has 0 spiro atoms. The molecule has 0 bridgehead atoms. The van der Waals surface area contributed by atoms with Crippen molar-refractivity contribution in [3.63, 3.8) is 0 Å². The third kappa shape index (κ3) is 2.10. The van der Waals surface area contributed by atoms with Crippen molar-refractivity contribution in [2.75, 3.05) is 0 Å². The molecule has 2 aromatic carbocycles. The molecule has 102 valence electrons. The first-order chi connectivity index (χ1) is 9.56. The Labute approximate surface area is 117 Å². The molecule has 0 aliphatic rings. The van der Waals surface area contributed by atoms with Crippen molar-refractivity contribution in [2.45, 2.75) is 19.9 Å². The lowest BCUT2D eigenvalue weighted by atomic mass is 10.00. The van der Waals surface area contributed by atoms with E-state index in [0.29, 0.717) is 5.76 Å². The van der Waals surface area contributed by atoms with E-state index in [-0.39, 0.29) is 11.9 Å². The molecule has 1 atom stereocenters. The highest BCUT2D eigenvalue weighted by molar-refractivity contribution is 5.85. The van der Waals surface area contributed by atoms with E-state index in [9.17, 15) is 4.39 Å². The number of nitrogens with two attached hydrogens (primary N) is 1. The molecule has 0 aliphatic carbocycles. The van der Waals surface area contributed by atoms with E-state index in [4.69, 9.17) is 10.2 Å². The Morgan fingerprint density at radius 1 is 1.15 bits per heavy atom. The van der Waals surface area contributed by atoms with E-state index < -0.39 is 0 Å². The molecule has 0 amide bonds. The van der Waals surface area contributed by atoms with Gasteiger partial charge < -0.3 is 10.2 Å². The molecule has 3 heteroatoms. The van der Waals surface area contributed by atoms with Crippen molar-refractivity contribution < 1.29 is 8.81 Å². The van der Waals surface area contributed by atoms with Crippen LogP contribution in [-0.4, -0.2) is 0 Å². The standard InChI is InChI=1S/C17H16FNO/c1-10-4-3-5-12-8-16(20-17(10)12)15-9-13(18)6-7-14(15)11(2)19/h3-9,11H,19H2,1-2H3. The normalized spacial score (nSPS) is 12.8. The number of hydrogen-bond donors (Lipinski definition) is 1. The van der Waals surface area contributed by atoms with E-state index >= 15 is 0 Å². The number of fused-ring (bicyclic) bond motifs is 1. The highest BCUT2D eigenvalue weighted by atomic mass is 19.1. The predicted molar refractivity (Wildman–Crippen MR) is 78.9 cm³/mol. The number of halogens is 1. The van der Waals surface area contributed by atoms with E-state index in [0.717, 1.165) is 27.7 Å². The smallest absolute Gasteiger partial charge is 0.137 e. The molecule has 1 aromatic heterocycles. The Morgan fingerprint density at radius 2 is 1.95 bits per heavy atom. The molecule has 0 radical (unpaired) electrons. The van der Waals surface area contributed by atoms with Crippen molar-refractivity contribution in [1.82, 2.24) is 0 Å². The highest BCUT2D eigenvalue weighted by Crippen LogP contribution is 2.33. The Hall–Kier alpha value is -2.13. The third-order valence-electron chi connectivity index (χ3n) is 3.51. The summed E-state index contributed by atoms with van der Waals surface area (Å²) in [6.07, 6.45) is 0. The van der Waals surface area contributed by atoms with Gasteiger partial charge in [0.05, 0.1) is 0 Å². The van der Waals surface area contributed by atoms with Crippen LogP contribution in [0.1, 0.15) is 24.1 Å². The highest BCUT2D eigenvalue weighted by Gasteiger charge is 2.14. The van der Waals surface area contributed by atoms with Crippen molar-refractivity contribution in [1.29, 1.82) is 0 Å². The monoisotopic (exact) mass is 269 g/mol. The summed E-state index contributed by atoms with van der Waals surface area (Å²) in [7, 11) is 0. The fourth-order valence-corrected chi connectivity index (χ4v) is 2.48.